The molecule has 1 unspecified atom stereocenters. The summed E-state index contributed by atoms with van der Waals surface area (Å²) in [6.07, 6.45) is 1.09. The second-order valence-corrected chi connectivity index (χ2v) is 4.05. The first-order valence-corrected chi connectivity index (χ1v) is 5.98. The fourth-order valence-electron chi connectivity index (χ4n) is 1.83. The van der Waals surface area contributed by atoms with E-state index in [1.54, 1.807) is 14.2 Å². The lowest BCUT2D eigenvalue weighted by molar-refractivity contribution is -0.133. The molecule has 0 radical (unpaired) electrons. The van der Waals surface area contributed by atoms with Crippen LogP contribution in [0.2, 0.25) is 0 Å². The highest BCUT2D eigenvalue weighted by Crippen LogP contribution is 2.29. The van der Waals surface area contributed by atoms with Gasteiger partial charge in [-0.05, 0) is 18.6 Å². The molecular formula is C13H19NO4. The monoisotopic (exact) mass is 253 g/mol. The molecule has 1 aromatic rings. The lowest BCUT2D eigenvalue weighted by atomic mass is 10.2. The summed E-state index contributed by atoms with van der Waals surface area (Å²) in [4.78, 5) is 0. The number of hydrogen-bond donors (Lipinski definition) is 1. The maximum atomic E-state index is 5.47. The number of anilines is 1. The fourth-order valence-corrected chi connectivity index (χ4v) is 1.83. The van der Waals surface area contributed by atoms with Gasteiger partial charge in [-0.3, -0.25) is 0 Å². The zero-order valence-electron chi connectivity index (χ0n) is 10.8. The Kier molecular flexibility index (Phi) is 4.66. The Hall–Kier alpha value is -1.46. The molecule has 1 fully saturated rings. The molecule has 1 saturated heterocycles. The van der Waals surface area contributed by atoms with Crippen LogP contribution in [0.25, 0.3) is 0 Å². The molecule has 0 spiro atoms. The van der Waals surface area contributed by atoms with Gasteiger partial charge < -0.3 is 24.3 Å². The van der Waals surface area contributed by atoms with Crippen LogP contribution in [0.15, 0.2) is 18.2 Å². The summed E-state index contributed by atoms with van der Waals surface area (Å²) < 4.78 is 21.1. The second kappa shape index (κ2) is 6.47. The standard InChI is InChI=1S/C13H19NO4/c1-15-10-3-4-12(13(7-10)16-2)14-8-11-5-6-17-9-18-11/h3-4,7,11,14H,5-6,8-9H2,1-2H3. The minimum Gasteiger partial charge on any atom is -0.497 e. The minimum atomic E-state index is 0.186. The summed E-state index contributed by atoms with van der Waals surface area (Å²) >= 11 is 0. The molecule has 18 heavy (non-hydrogen) atoms. The van der Waals surface area contributed by atoms with Crippen LogP contribution < -0.4 is 14.8 Å². The number of nitrogens with one attached hydrogen (secondary N) is 1. The first-order chi connectivity index (χ1) is 8.83. The van der Waals surface area contributed by atoms with E-state index in [0.717, 1.165) is 36.8 Å². The number of benzene rings is 1. The Balaban J connectivity index is 1.95. The minimum absolute atomic E-state index is 0.186. The van der Waals surface area contributed by atoms with Crippen molar-refractivity contribution in [1.29, 1.82) is 0 Å². The van der Waals surface area contributed by atoms with Crippen molar-refractivity contribution in [2.24, 2.45) is 0 Å². The molecule has 5 heteroatoms. The third kappa shape index (κ3) is 3.27. The van der Waals surface area contributed by atoms with E-state index in [-0.39, 0.29) is 6.10 Å². The Bertz CT molecular complexity index is 377. The summed E-state index contributed by atoms with van der Waals surface area (Å²) in [5.74, 6) is 1.54. The fraction of sp³-hybridized carbons (Fsp3) is 0.538. The van der Waals surface area contributed by atoms with Gasteiger partial charge in [0.05, 0.1) is 32.6 Å². The Morgan fingerprint density at radius 1 is 1.33 bits per heavy atom. The van der Waals surface area contributed by atoms with Crippen molar-refractivity contribution in [2.75, 3.05) is 39.5 Å². The lowest BCUT2D eigenvalue weighted by Gasteiger charge is -2.23. The molecule has 1 aliphatic rings. The molecule has 1 N–H and O–H groups in total. The van der Waals surface area contributed by atoms with Crippen LogP contribution >= 0.6 is 0 Å². The molecule has 1 heterocycles. The summed E-state index contributed by atoms with van der Waals surface area (Å²) in [5.41, 5.74) is 0.938. The molecule has 1 aromatic carbocycles. The van der Waals surface area contributed by atoms with E-state index in [1.807, 2.05) is 18.2 Å². The normalized spacial score (nSPS) is 19.3. The van der Waals surface area contributed by atoms with Gasteiger partial charge >= 0.3 is 0 Å². The van der Waals surface area contributed by atoms with Crippen LogP contribution in [0.1, 0.15) is 6.42 Å². The topological polar surface area (TPSA) is 49.0 Å². The maximum Gasteiger partial charge on any atom is 0.147 e. The molecule has 0 aliphatic carbocycles. The number of methoxy groups -OCH3 is 2. The third-order valence-electron chi connectivity index (χ3n) is 2.90. The summed E-state index contributed by atoms with van der Waals surface area (Å²) in [6, 6.07) is 5.69. The van der Waals surface area contributed by atoms with Crippen molar-refractivity contribution < 1.29 is 18.9 Å². The van der Waals surface area contributed by atoms with E-state index in [2.05, 4.69) is 5.32 Å². The van der Waals surface area contributed by atoms with E-state index in [1.165, 1.54) is 0 Å². The quantitative estimate of drug-likeness (QED) is 0.868. The number of rotatable bonds is 5. The van der Waals surface area contributed by atoms with Crippen molar-refractivity contribution in [3.05, 3.63) is 18.2 Å². The highest BCUT2D eigenvalue weighted by atomic mass is 16.7. The van der Waals surface area contributed by atoms with E-state index >= 15 is 0 Å². The number of hydrogen-bond acceptors (Lipinski definition) is 5. The van der Waals surface area contributed by atoms with Crippen LogP contribution in [-0.4, -0.2) is 40.3 Å². The van der Waals surface area contributed by atoms with Crippen LogP contribution in [-0.2, 0) is 9.47 Å². The average molecular weight is 253 g/mol. The predicted octanol–water partition coefficient (Wildman–Crippen LogP) is 1.88. The van der Waals surface area contributed by atoms with Crippen molar-refractivity contribution >= 4 is 5.69 Å². The zero-order chi connectivity index (χ0) is 12.8. The van der Waals surface area contributed by atoms with Gasteiger partial charge in [-0.2, -0.15) is 0 Å². The van der Waals surface area contributed by atoms with Crippen LogP contribution in [0.3, 0.4) is 0 Å². The van der Waals surface area contributed by atoms with Crippen molar-refractivity contribution in [2.45, 2.75) is 12.5 Å². The first kappa shape index (κ1) is 13.0. The molecule has 1 atom stereocenters. The van der Waals surface area contributed by atoms with Gasteiger partial charge in [-0.25, -0.2) is 0 Å². The summed E-state index contributed by atoms with van der Waals surface area (Å²) in [6.45, 7) is 1.88. The van der Waals surface area contributed by atoms with Gasteiger partial charge in [0.25, 0.3) is 0 Å². The van der Waals surface area contributed by atoms with Crippen molar-refractivity contribution in [3.63, 3.8) is 0 Å². The number of ether oxygens (including phenoxy) is 4. The molecule has 0 saturated carbocycles. The Labute approximate surface area is 107 Å². The highest BCUT2D eigenvalue weighted by Gasteiger charge is 2.14. The van der Waals surface area contributed by atoms with Crippen molar-refractivity contribution in [3.8, 4) is 11.5 Å². The molecule has 0 amide bonds. The smallest absolute Gasteiger partial charge is 0.147 e. The summed E-state index contributed by atoms with van der Waals surface area (Å²) in [7, 11) is 3.28. The Morgan fingerprint density at radius 3 is 2.89 bits per heavy atom. The Morgan fingerprint density at radius 2 is 2.22 bits per heavy atom. The SMILES string of the molecule is COc1ccc(NCC2CCOCO2)c(OC)c1. The van der Waals surface area contributed by atoms with Crippen LogP contribution in [0.5, 0.6) is 11.5 Å². The molecule has 1 aliphatic heterocycles. The van der Waals surface area contributed by atoms with Crippen LogP contribution in [0, 0.1) is 0 Å². The van der Waals surface area contributed by atoms with E-state index < -0.39 is 0 Å². The van der Waals surface area contributed by atoms with Gasteiger partial charge in [0.15, 0.2) is 0 Å². The predicted molar refractivity (Wildman–Crippen MR) is 68.3 cm³/mol. The average Bonchev–Trinajstić information content (AvgIpc) is 2.46. The zero-order valence-corrected chi connectivity index (χ0v) is 10.8. The maximum absolute atomic E-state index is 5.47. The highest BCUT2D eigenvalue weighted by molar-refractivity contribution is 5.59. The van der Waals surface area contributed by atoms with E-state index in [9.17, 15) is 0 Å². The molecule has 2 rings (SSSR count). The third-order valence-corrected chi connectivity index (χ3v) is 2.90. The molecule has 0 aromatic heterocycles. The van der Waals surface area contributed by atoms with Crippen LogP contribution in [0.4, 0.5) is 5.69 Å². The molecule has 5 nitrogen and oxygen atoms in total. The first-order valence-electron chi connectivity index (χ1n) is 5.98. The van der Waals surface area contributed by atoms with E-state index in [0.29, 0.717) is 6.79 Å². The van der Waals surface area contributed by atoms with Gasteiger partial charge in [0.2, 0.25) is 0 Å². The van der Waals surface area contributed by atoms with Gasteiger partial charge in [0, 0.05) is 12.6 Å². The van der Waals surface area contributed by atoms with E-state index in [4.69, 9.17) is 18.9 Å². The largest absolute Gasteiger partial charge is 0.497 e. The lowest BCUT2D eigenvalue weighted by Crippen LogP contribution is -2.30. The second-order valence-electron chi connectivity index (χ2n) is 4.05. The molecule has 0 bridgehead atoms. The van der Waals surface area contributed by atoms with Gasteiger partial charge in [-0.1, -0.05) is 0 Å². The van der Waals surface area contributed by atoms with Gasteiger partial charge in [-0.15, -0.1) is 0 Å². The summed E-state index contributed by atoms with van der Waals surface area (Å²) in [5, 5.41) is 3.32. The van der Waals surface area contributed by atoms with Gasteiger partial charge in [0.1, 0.15) is 18.3 Å². The van der Waals surface area contributed by atoms with Crippen molar-refractivity contribution in [1.82, 2.24) is 0 Å². The molecule has 100 valence electrons. The molecular weight excluding hydrogens is 234 g/mol.